The fourth-order valence-corrected chi connectivity index (χ4v) is 1.55. The molecule has 1 fully saturated rings. The topological polar surface area (TPSA) is 38.8 Å². The van der Waals surface area contributed by atoms with E-state index in [9.17, 15) is 4.79 Å². The number of carbonyl (C=O) groups is 1. The summed E-state index contributed by atoms with van der Waals surface area (Å²) in [6, 6.07) is 0. The Morgan fingerprint density at radius 3 is 2.64 bits per heavy atom. The smallest absolute Gasteiger partial charge is 0.308 e. The Morgan fingerprint density at radius 1 is 1.29 bits per heavy atom. The van der Waals surface area contributed by atoms with Crippen LogP contribution in [0.5, 0.6) is 0 Å². The van der Waals surface area contributed by atoms with Gasteiger partial charge in [-0.2, -0.15) is 0 Å². The Hall–Kier alpha value is -0.610. The molecule has 82 valence electrons. The van der Waals surface area contributed by atoms with Crippen molar-refractivity contribution < 1.29 is 14.3 Å². The third-order valence-electron chi connectivity index (χ3n) is 2.38. The highest BCUT2D eigenvalue weighted by Crippen LogP contribution is 2.06. The quantitative estimate of drug-likeness (QED) is 0.592. The number of rotatable bonds is 6. The standard InChI is InChI=1S/C10H19NO3/c1-13-8-4-10(12)14-9-7-11-5-2-3-6-11/h2-9H2,1H3. The van der Waals surface area contributed by atoms with Gasteiger partial charge in [-0.3, -0.25) is 9.69 Å². The molecule has 1 aliphatic rings. The highest BCUT2D eigenvalue weighted by Gasteiger charge is 2.11. The normalized spacial score (nSPS) is 17.2. The number of hydrogen-bond donors (Lipinski definition) is 0. The third kappa shape index (κ3) is 4.58. The first-order valence-electron chi connectivity index (χ1n) is 5.20. The Bertz CT molecular complexity index is 167. The maximum atomic E-state index is 11.1. The minimum absolute atomic E-state index is 0.161. The average molecular weight is 201 g/mol. The summed E-state index contributed by atoms with van der Waals surface area (Å²) in [5.41, 5.74) is 0. The fourth-order valence-electron chi connectivity index (χ4n) is 1.55. The molecule has 1 aliphatic heterocycles. The first kappa shape index (κ1) is 11.5. The number of esters is 1. The van der Waals surface area contributed by atoms with Crippen molar-refractivity contribution in [3.05, 3.63) is 0 Å². The van der Waals surface area contributed by atoms with Crippen LogP contribution < -0.4 is 0 Å². The van der Waals surface area contributed by atoms with Crippen LogP contribution in [0, 0.1) is 0 Å². The van der Waals surface area contributed by atoms with Crippen molar-refractivity contribution in [3.8, 4) is 0 Å². The summed E-state index contributed by atoms with van der Waals surface area (Å²) in [5, 5.41) is 0. The molecule has 0 aromatic heterocycles. The van der Waals surface area contributed by atoms with Crippen LogP contribution in [-0.4, -0.2) is 50.8 Å². The van der Waals surface area contributed by atoms with Gasteiger partial charge in [-0.1, -0.05) is 0 Å². The van der Waals surface area contributed by atoms with E-state index in [1.165, 1.54) is 12.8 Å². The minimum atomic E-state index is -0.161. The van der Waals surface area contributed by atoms with Crippen LogP contribution in [0.15, 0.2) is 0 Å². The Balaban J connectivity index is 1.94. The number of hydrogen-bond acceptors (Lipinski definition) is 4. The van der Waals surface area contributed by atoms with E-state index >= 15 is 0 Å². The van der Waals surface area contributed by atoms with Crippen molar-refractivity contribution in [1.82, 2.24) is 4.90 Å². The zero-order valence-corrected chi connectivity index (χ0v) is 8.83. The predicted octanol–water partition coefficient (Wildman–Crippen LogP) is 0.662. The molecule has 4 heteroatoms. The SMILES string of the molecule is COCCC(=O)OCCN1CCCC1. The zero-order valence-electron chi connectivity index (χ0n) is 8.83. The summed E-state index contributed by atoms with van der Waals surface area (Å²) < 4.78 is 9.83. The van der Waals surface area contributed by atoms with Crippen LogP contribution in [0.3, 0.4) is 0 Å². The summed E-state index contributed by atoms with van der Waals surface area (Å²) in [6.45, 7) is 4.13. The van der Waals surface area contributed by atoms with Gasteiger partial charge in [-0.15, -0.1) is 0 Å². The molecule has 0 N–H and O–H groups in total. The van der Waals surface area contributed by atoms with Gasteiger partial charge < -0.3 is 9.47 Å². The maximum absolute atomic E-state index is 11.1. The van der Waals surface area contributed by atoms with E-state index in [-0.39, 0.29) is 5.97 Å². The highest BCUT2D eigenvalue weighted by molar-refractivity contribution is 5.69. The van der Waals surface area contributed by atoms with E-state index in [1.54, 1.807) is 7.11 Å². The molecule has 0 aromatic rings. The van der Waals surface area contributed by atoms with Gasteiger partial charge >= 0.3 is 5.97 Å². The van der Waals surface area contributed by atoms with Crippen LogP contribution in [0.2, 0.25) is 0 Å². The number of carbonyl (C=O) groups excluding carboxylic acids is 1. The summed E-state index contributed by atoms with van der Waals surface area (Å²) >= 11 is 0. The second-order valence-corrected chi connectivity index (χ2v) is 3.51. The first-order chi connectivity index (χ1) is 6.83. The van der Waals surface area contributed by atoms with Gasteiger partial charge in [-0.25, -0.2) is 0 Å². The lowest BCUT2D eigenvalue weighted by Crippen LogP contribution is -2.25. The van der Waals surface area contributed by atoms with E-state index in [2.05, 4.69) is 4.90 Å². The number of nitrogens with zero attached hydrogens (tertiary/aromatic N) is 1. The lowest BCUT2D eigenvalue weighted by atomic mass is 10.4. The van der Waals surface area contributed by atoms with E-state index in [4.69, 9.17) is 9.47 Å². The number of likely N-dealkylation sites (tertiary alicyclic amines) is 1. The summed E-state index contributed by atoms with van der Waals surface area (Å²) in [4.78, 5) is 13.4. The van der Waals surface area contributed by atoms with Gasteiger partial charge in [-0.05, 0) is 25.9 Å². The summed E-state index contributed by atoms with van der Waals surface area (Å²) in [7, 11) is 1.58. The first-order valence-corrected chi connectivity index (χ1v) is 5.20. The molecular weight excluding hydrogens is 182 g/mol. The molecule has 1 rings (SSSR count). The van der Waals surface area contributed by atoms with Gasteiger partial charge in [0, 0.05) is 13.7 Å². The van der Waals surface area contributed by atoms with Crippen molar-refractivity contribution in [1.29, 1.82) is 0 Å². The molecule has 0 aromatic carbocycles. The summed E-state index contributed by atoms with van der Waals surface area (Å²) in [5.74, 6) is -0.161. The summed E-state index contributed by atoms with van der Waals surface area (Å²) in [6.07, 6.45) is 2.91. The molecule has 0 bridgehead atoms. The molecule has 0 atom stereocenters. The van der Waals surface area contributed by atoms with Gasteiger partial charge in [0.25, 0.3) is 0 Å². The van der Waals surface area contributed by atoms with E-state index < -0.39 is 0 Å². The van der Waals surface area contributed by atoms with Crippen molar-refractivity contribution >= 4 is 5.97 Å². The molecule has 0 radical (unpaired) electrons. The highest BCUT2D eigenvalue weighted by atomic mass is 16.5. The molecule has 4 nitrogen and oxygen atoms in total. The van der Waals surface area contributed by atoms with Crippen molar-refractivity contribution in [3.63, 3.8) is 0 Å². The average Bonchev–Trinajstić information content (AvgIpc) is 2.67. The van der Waals surface area contributed by atoms with E-state index in [1.807, 2.05) is 0 Å². The van der Waals surface area contributed by atoms with Gasteiger partial charge in [0.15, 0.2) is 0 Å². The van der Waals surface area contributed by atoms with Crippen molar-refractivity contribution in [2.45, 2.75) is 19.3 Å². The Labute approximate surface area is 85.2 Å². The van der Waals surface area contributed by atoms with Gasteiger partial charge in [0.05, 0.1) is 13.0 Å². The number of methoxy groups -OCH3 is 1. The van der Waals surface area contributed by atoms with Crippen LogP contribution in [0.1, 0.15) is 19.3 Å². The number of ether oxygens (including phenoxy) is 2. The molecule has 1 saturated heterocycles. The van der Waals surface area contributed by atoms with E-state index in [0.717, 1.165) is 19.6 Å². The lowest BCUT2D eigenvalue weighted by Gasteiger charge is -2.13. The predicted molar refractivity (Wildman–Crippen MR) is 53.1 cm³/mol. The monoisotopic (exact) mass is 201 g/mol. The zero-order chi connectivity index (χ0) is 10.2. The largest absolute Gasteiger partial charge is 0.464 e. The van der Waals surface area contributed by atoms with E-state index in [0.29, 0.717) is 19.6 Å². The molecule has 0 aliphatic carbocycles. The molecular formula is C10H19NO3. The Morgan fingerprint density at radius 2 is 2.00 bits per heavy atom. The van der Waals surface area contributed by atoms with Gasteiger partial charge in [0.1, 0.15) is 6.61 Å². The maximum Gasteiger partial charge on any atom is 0.308 e. The second kappa shape index (κ2) is 6.79. The third-order valence-corrected chi connectivity index (χ3v) is 2.38. The molecule has 0 amide bonds. The molecule has 0 saturated carbocycles. The molecule has 14 heavy (non-hydrogen) atoms. The second-order valence-electron chi connectivity index (χ2n) is 3.51. The van der Waals surface area contributed by atoms with Crippen LogP contribution in [-0.2, 0) is 14.3 Å². The van der Waals surface area contributed by atoms with Crippen LogP contribution >= 0.6 is 0 Å². The molecule has 0 unspecified atom stereocenters. The molecule has 1 heterocycles. The van der Waals surface area contributed by atoms with Crippen molar-refractivity contribution in [2.75, 3.05) is 40.0 Å². The van der Waals surface area contributed by atoms with Crippen LogP contribution in [0.4, 0.5) is 0 Å². The molecule has 0 spiro atoms. The lowest BCUT2D eigenvalue weighted by molar-refractivity contribution is -0.145. The van der Waals surface area contributed by atoms with Crippen molar-refractivity contribution in [2.24, 2.45) is 0 Å². The minimum Gasteiger partial charge on any atom is -0.464 e. The fraction of sp³-hybridized carbons (Fsp3) is 0.900. The van der Waals surface area contributed by atoms with Gasteiger partial charge in [0.2, 0.25) is 0 Å². The Kier molecular flexibility index (Phi) is 5.56. The van der Waals surface area contributed by atoms with Crippen LogP contribution in [0.25, 0.3) is 0 Å².